The molecule has 0 aliphatic heterocycles. The number of ether oxygens (including phenoxy) is 1. The molecule has 0 aliphatic carbocycles. The molecule has 2 N–H and O–H groups in total. The van der Waals surface area contributed by atoms with Crippen molar-refractivity contribution in [3.63, 3.8) is 0 Å². The Bertz CT molecular complexity index is 598. The average Bonchev–Trinajstić information content (AvgIpc) is 2.61. The highest BCUT2D eigenvalue weighted by molar-refractivity contribution is 7.85. The van der Waals surface area contributed by atoms with Crippen LogP contribution in [0.1, 0.15) is 76.7 Å². The molecule has 0 aliphatic rings. The van der Waals surface area contributed by atoms with Crippen LogP contribution in [0.3, 0.4) is 0 Å². The van der Waals surface area contributed by atoms with E-state index in [2.05, 4.69) is 6.92 Å². The second-order valence-electron chi connectivity index (χ2n) is 6.71. The summed E-state index contributed by atoms with van der Waals surface area (Å²) >= 11 is 0. The number of aliphatic hydroxyl groups is 1. The maximum Gasteiger partial charge on any atom is 0.294 e. The highest BCUT2D eigenvalue weighted by atomic mass is 32.2. The molecule has 0 fully saturated rings. The lowest BCUT2D eigenvalue weighted by molar-refractivity contribution is 0.200. The van der Waals surface area contributed by atoms with Crippen molar-refractivity contribution in [3.8, 4) is 5.75 Å². The van der Waals surface area contributed by atoms with Gasteiger partial charge < -0.3 is 9.84 Å². The summed E-state index contributed by atoms with van der Waals surface area (Å²) in [5.74, 6) is 0.421. The van der Waals surface area contributed by atoms with Gasteiger partial charge in [-0.2, -0.15) is 8.42 Å². The van der Waals surface area contributed by atoms with E-state index >= 15 is 0 Å². The molecule has 1 aromatic carbocycles. The molecule has 150 valence electrons. The Labute approximate surface area is 158 Å². The predicted octanol–water partition coefficient (Wildman–Crippen LogP) is 4.77. The highest BCUT2D eigenvalue weighted by Gasteiger charge is 2.18. The van der Waals surface area contributed by atoms with E-state index in [0.29, 0.717) is 17.7 Å². The molecule has 0 saturated heterocycles. The third-order valence-electron chi connectivity index (χ3n) is 4.50. The Morgan fingerprint density at radius 3 is 2.04 bits per heavy atom. The number of unbranched alkanes of at least 4 members (excludes halogenated alkanes) is 9. The van der Waals surface area contributed by atoms with Crippen LogP contribution in [0.15, 0.2) is 23.1 Å². The van der Waals surface area contributed by atoms with Crippen LogP contribution in [-0.4, -0.2) is 31.3 Å². The average molecular weight is 387 g/mol. The van der Waals surface area contributed by atoms with Crippen LogP contribution in [0.4, 0.5) is 0 Å². The van der Waals surface area contributed by atoms with Gasteiger partial charge in [-0.1, -0.05) is 70.8 Å². The molecule has 0 heterocycles. The molecule has 0 bridgehead atoms. The summed E-state index contributed by atoms with van der Waals surface area (Å²) in [6.07, 6.45) is 12.6. The first-order valence-electron chi connectivity index (χ1n) is 9.83. The van der Waals surface area contributed by atoms with Crippen LogP contribution < -0.4 is 4.74 Å². The maximum absolute atomic E-state index is 11.6. The van der Waals surface area contributed by atoms with E-state index in [0.717, 1.165) is 19.3 Å². The summed E-state index contributed by atoms with van der Waals surface area (Å²) in [6, 6.07) is 4.61. The molecule has 0 unspecified atom stereocenters. The van der Waals surface area contributed by atoms with Crippen LogP contribution in [0.5, 0.6) is 5.75 Å². The van der Waals surface area contributed by atoms with Gasteiger partial charge in [-0.3, -0.25) is 4.55 Å². The first kappa shape index (κ1) is 22.9. The van der Waals surface area contributed by atoms with Crippen molar-refractivity contribution < 1.29 is 22.8 Å². The molecule has 0 amide bonds. The van der Waals surface area contributed by atoms with Gasteiger partial charge in [0.1, 0.15) is 17.3 Å². The van der Waals surface area contributed by atoms with E-state index < -0.39 is 10.1 Å². The predicted molar refractivity (Wildman–Crippen MR) is 104 cm³/mol. The van der Waals surface area contributed by atoms with Crippen molar-refractivity contribution in [1.82, 2.24) is 0 Å². The molecular weight excluding hydrogens is 352 g/mol. The first-order valence-corrected chi connectivity index (χ1v) is 11.3. The molecule has 0 aromatic heterocycles. The molecule has 5 nitrogen and oxygen atoms in total. The summed E-state index contributed by atoms with van der Waals surface area (Å²) in [4.78, 5) is -0.0936. The second kappa shape index (κ2) is 13.1. The normalized spacial score (nSPS) is 11.7. The van der Waals surface area contributed by atoms with E-state index in [4.69, 9.17) is 9.84 Å². The zero-order chi connectivity index (χ0) is 19.3. The molecular formula is C20H34O5S. The fourth-order valence-corrected chi connectivity index (χ4v) is 3.88. The van der Waals surface area contributed by atoms with Gasteiger partial charge in [-0.05, 0) is 25.0 Å². The molecule has 0 radical (unpaired) electrons. The van der Waals surface area contributed by atoms with Crippen LogP contribution >= 0.6 is 0 Å². The van der Waals surface area contributed by atoms with Gasteiger partial charge in [0.15, 0.2) is 0 Å². The Hall–Kier alpha value is -1.11. The molecule has 0 atom stereocenters. The largest absolute Gasteiger partial charge is 0.491 e. The zero-order valence-electron chi connectivity index (χ0n) is 16.0. The van der Waals surface area contributed by atoms with Gasteiger partial charge in [-0.15, -0.1) is 0 Å². The zero-order valence-corrected chi connectivity index (χ0v) is 16.8. The molecule has 0 spiro atoms. The minimum absolute atomic E-state index is 0.0936. The van der Waals surface area contributed by atoms with Gasteiger partial charge >= 0.3 is 0 Å². The van der Waals surface area contributed by atoms with E-state index in [1.54, 1.807) is 6.07 Å². The van der Waals surface area contributed by atoms with E-state index in [9.17, 15) is 13.0 Å². The lowest BCUT2D eigenvalue weighted by Crippen LogP contribution is -2.08. The van der Waals surface area contributed by atoms with E-state index in [-0.39, 0.29) is 18.1 Å². The molecule has 1 aromatic rings. The number of hydrogen-bond acceptors (Lipinski definition) is 4. The quantitative estimate of drug-likeness (QED) is 0.335. The summed E-state index contributed by atoms with van der Waals surface area (Å²) in [7, 11) is -4.29. The van der Waals surface area contributed by atoms with Crippen molar-refractivity contribution in [2.24, 2.45) is 0 Å². The van der Waals surface area contributed by atoms with Crippen molar-refractivity contribution in [2.45, 2.75) is 82.4 Å². The number of rotatable bonds is 15. The Kier molecular flexibility index (Phi) is 11.6. The maximum atomic E-state index is 11.6. The summed E-state index contributed by atoms with van der Waals surface area (Å²) in [6.45, 7) is 2.17. The van der Waals surface area contributed by atoms with Gasteiger partial charge in [0.25, 0.3) is 10.1 Å². The smallest absolute Gasteiger partial charge is 0.294 e. The van der Waals surface area contributed by atoms with Gasteiger partial charge in [0.05, 0.1) is 6.61 Å². The Morgan fingerprint density at radius 1 is 0.923 bits per heavy atom. The number of benzene rings is 1. The molecule has 6 heteroatoms. The van der Waals surface area contributed by atoms with Crippen LogP contribution in [0, 0.1) is 0 Å². The fourth-order valence-electron chi connectivity index (χ4n) is 3.11. The van der Waals surface area contributed by atoms with Crippen LogP contribution in [0.2, 0.25) is 0 Å². The lowest BCUT2D eigenvalue weighted by atomic mass is 10.0. The number of aliphatic hydroxyl groups excluding tert-OH is 1. The monoisotopic (exact) mass is 386 g/mol. The highest BCUT2D eigenvalue weighted by Crippen LogP contribution is 2.28. The standard InChI is InChI=1S/C20H34O5S/c1-2-3-4-5-6-7-8-9-10-11-13-18-19(25-17-16-21)14-12-15-20(18)26(22,23)24/h12,14-15,21H,2-11,13,16-17H2,1H3,(H,22,23,24). The van der Waals surface area contributed by atoms with Crippen molar-refractivity contribution in [1.29, 1.82) is 0 Å². The van der Waals surface area contributed by atoms with E-state index in [1.165, 1.54) is 57.1 Å². The Balaban J connectivity index is 2.45. The molecule has 26 heavy (non-hydrogen) atoms. The minimum atomic E-state index is -4.29. The minimum Gasteiger partial charge on any atom is -0.491 e. The lowest BCUT2D eigenvalue weighted by Gasteiger charge is -2.14. The summed E-state index contributed by atoms with van der Waals surface area (Å²) < 4.78 is 38.1. The third-order valence-corrected chi connectivity index (χ3v) is 5.44. The van der Waals surface area contributed by atoms with Crippen molar-refractivity contribution >= 4 is 10.1 Å². The van der Waals surface area contributed by atoms with Crippen LogP contribution in [0.25, 0.3) is 0 Å². The second-order valence-corrected chi connectivity index (χ2v) is 8.10. The van der Waals surface area contributed by atoms with Gasteiger partial charge in [0.2, 0.25) is 0 Å². The van der Waals surface area contributed by atoms with Gasteiger partial charge in [-0.25, -0.2) is 0 Å². The topological polar surface area (TPSA) is 83.8 Å². The van der Waals surface area contributed by atoms with Gasteiger partial charge in [0, 0.05) is 5.56 Å². The SMILES string of the molecule is CCCCCCCCCCCCc1c(OCCO)cccc1S(=O)(=O)O. The van der Waals surface area contributed by atoms with E-state index in [1.807, 2.05) is 0 Å². The summed E-state index contributed by atoms with van der Waals surface area (Å²) in [5.41, 5.74) is 0.503. The van der Waals surface area contributed by atoms with Crippen molar-refractivity contribution in [2.75, 3.05) is 13.2 Å². The third kappa shape index (κ3) is 9.01. The summed E-state index contributed by atoms with van der Waals surface area (Å²) in [5, 5.41) is 8.92. The fraction of sp³-hybridized carbons (Fsp3) is 0.700. The Morgan fingerprint density at radius 2 is 1.50 bits per heavy atom. The van der Waals surface area contributed by atoms with Crippen LogP contribution in [-0.2, 0) is 16.5 Å². The number of hydrogen-bond donors (Lipinski definition) is 2. The first-order chi connectivity index (χ1) is 12.5. The molecule has 1 rings (SSSR count). The molecule has 0 saturated carbocycles. The van der Waals surface area contributed by atoms with Crippen molar-refractivity contribution in [3.05, 3.63) is 23.8 Å².